The molecule has 3 aliphatic rings. The molecule has 9 nitrogen and oxygen atoms in total. The van der Waals surface area contributed by atoms with Gasteiger partial charge in [-0.15, -0.1) is 0 Å². The van der Waals surface area contributed by atoms with E-state index in [9.17, 15) is 19.2 Å². The average molecular weight is 414 g/mol. The van der Waals surface area contributed by atoms with Crippen LogP contribution in [0, 0.1) is 0 Å². The molecule has 0 aromatic heterocycles. The molecular formula is C21H26N4O5. The summed E-state index contributed by atoms with van der Waals surface area (Å²) in [4.78, 5) is 53.0. The number of nitrogens with two attached hydrogens (primary N) is 1. The Morgan fingerprint density at radius 3 is 2.53 bits per heavy atom. The molecule has 1 unspecified atom stereocenters. The minimum Gasteiger partial charge on any atom is -0.378 e. The summed E-state index contributed by atoms with van der Waals surface area (Å²) in [6.07, 6.45) is 2.91. The molecule has 0 radical (unpaired) electrons. The quantitative estimate of drug-likeness (QED) is 0.511. The van der Waals surface area contributed by atoms with Crippen molar-refractivity contribution in [1.82, 2.24) is 10.2 Å². The van der Waals surface area contributed by atoms with Crippen molar-refractivity contribution in [3.05, 3.63) is 29.3 Å². The highest BCUT2D eigenvalue weighted by molar-refractivity contribution is 6.25. The van der Waals surface area contributed by atoms with Gasteiger partial charge in [0, 0.05) is 26.1 Å². The first-order chi connectivity index (χ1) is 14.5. The van der Waals surface area contributed by atoms with Gasteiger partial charge >= 0.3 is 0 Å². The van der Waals surface area contributed by atoms with Crippen LogP contribution < -0.4 is 16.0 Å². The van der Waals surface area contributed by atoms with Crippen LogP contribution in [0.3, 0.4) is 0 Å². The third-order valence-electron chi connectivity index (χ3n) is 5.93. The largest absolute Gasteiger partial charge is 0.378 e. The number of amides is 4. The normalized spacial score (nSPS) is 22.5. The highest BCUT2D eigenvalue weighted by Crippen LogP contribution is 2.35. The number of fused-ring (bicyclic) bond motifs is 1. The van der Waals surface area contributed by atoms with E-state index in [1.807, 2.05) is 6.07 Å². The monoisotopic (exact) mass is 414 g/mol. The van der Waals surface area contributed by atoms with Crippen LogP contribution in [0.2, 0.25) is 0 Å². The molecule has 1 aromatic carbocycles. The van der Waals surface area contributed by atoms with Crippen molar-refractivity contribution in [2.75, 3.05) is 31.1 Å². The SMILES string of the molecule is NCCCOC1CCN(c2cccc3c2C(=O)N(C2CCC(=O)NC2=O)C3=O)CC1. The number of ether oxygens (including phenoxy) is 1. The average Bonchev–Trinajstić information content (AvgIpc) is 3.00. The fraction of sp³-hybridized carbons (Fsp3) is 0.524. The van der Waals surface area contributed by atoms with Gasteiger partial charge < -0.3 is 15.4 Å². The Morgan fingerprint density at radius 2 is 1.83 bits per heavy atom. The Morgan fingerprint density at radius 1 is 1.07 bits per heavy atom. The molecule has 0 spiro atoms. The second-order valence-corrected chi connectivity index (χ2v) is 7.85. The molecule has 3 N–H and O–H groups in total. The molecule has 160 valence electrons. The van der Waals surface area contributed by atoms with Crippen LogP contribution >= 0.6 is 0 Å². The maximum absolute atomic E-state index is 13.2. The van der Waals surface area contributed by atoms with E-state index in [0.29, 0.717) is 43.1 Å². The van der Waals surface area contributed by atoms with Crippen molar-refractivity contribution in [3.63, 3.8) is 0 Å². The maximum Gasteiger partial charge on any atom is 0.264 e. The molecule has 2 fully saturated rings. The number of rotatable bonds is 6. The predicted molar refractivity (Wildman–Crippen MR) is 108 cm³/mol. The Kier molecular flexibility index (Phi) is 5.83. The van der Waals surface area contributed by atoms with E-state index in [4.69, 9.17) is 10.5 Å². The Hall–Kier alpha value is -2.78. The molecule has 0 bridgehead atoms. The van der Waals surface area contributed by atoms with Crippen LogP contribution in [0.15, 0.2) is 18.2 Å². The van der Waals surface area contributed by atoms with Crippen LogP contribution in [0.1, 0.15) is 52.8 Å². The summed E-state index contributed by atoms with van der Waals surface area (Å²) in [7, 11) is 0. The number of benzene rings is 1. The predicted octanol–water partition coefficient (Wildman–Crippen LogP) is 0.422. The van der Waals surface area contributed by atoms with Gasteiger partial charge in [0.1, 0.15) is 6.04 Å². The first-order valence-corrected chi connectivity index (χ1v) is 10.4. The number of anilines is 1. The number of nitrogens with zero attached hydrogens (tertiary/aromatic N) is 2. The zero-order valence-corrected chi connectivity index (χ0v) is 16.8. The standard InChI is InChI=1S/C21H26N4O5/c22-9-2-12-30-13-7-10-24(11-8-13)15-4-1-3-14-18(15)21(29)25(20(14)28)16-5-6-17(26)23-19(16)27/h1,3-4,13,16H,2,5-12,22H2,(H,23,26,27). The van der Waals surface area contributed by atoms with Gasteiger partial charge in [-0.05, 0) is 44.4 Å². The van der Waals surface area contributed by atoms with Gasteiger partial charge in [0.25, 0.3) is 11.8 Å². The number of imide groups is 2. The van der Waals surface area contributed by atoms with E-state index in [1.54, 1.807) is 12.1 Å². The van der Waals surface area contributed by atoms with Gasteiger partial charge in [-0.3, -0.25) is 29.4 Å². The fourth-order valence-corrected chi connectivity index (χ4v) is 4.36. The summed E-state index contributed by atoms with van der Waals surface area (Å²) in [5.74, 6) is -1.93. The molecule has 3 heterocycles. The molecule has 1 aromatic rings. The molecule has 3 aliphatic heterocycles. The number of nitrogens with one attached hydrogen (secondary N) is 1. The van der Waals surface area contributed by atoms with Crippen LogP contribution in [-0.4, -0.2) is 66.9 Å². The lowest BCUT2D eigenvalue weighted by Gasteiger charge is -2.34. The third kappa shape index (κ3) is 3.70. The summed E-state index contributed by atoms with van der Waals surface area (Å²) >= 11 is 0. The van der Waals surface area contributed by atoms with E-state index in [0.717, 1.165) is 24.2 Å². The zero-order valence-electron chi connectivity index (χ0n) is 16.8. The smallest absolute Gasteiger partial charge is 0.264 e. The Bertz CT molecular complexity index is 878. The summed E-state index contributed by atoms with van der Waals surface area (Å²) < 4.78 is 5.85. The highest BCUT2D eigenvalue weighted by Gasteiger charge is 2.46. The van der Waals surface area contributed by atoms with Crippen molar-refractivity contribution in [2.45, 2.75) is 44.2 Å². The van der Waals surface area contributed by atoms with Crippen molar-refractivity contribution < 1.29 is 23.9 Å². The second-order valence-electron chi connectivity index (χ2n) is 7.85. The fourth-order valence-electron chi connectivity index (χ4n) is 4.36. The number of hydrogen-bond donors (Lipinski definition) is 2. The minimum absolute atomic E-state index is 0.105. The van der Waals surface area contributed by atoms with E-state index in [2.05, 4.69) is 10.2 Å². The van der Waals surface area contributed by atoms with Gasteiger partial charge in [0.05, 0.1) is 22.9 Å². The minimum atomic E-state index is -0.954. The van der Waals surface area contributed by atoms with E-state index in [-0.39, 0.29) is 24.9 Å². The van der Waals surface area contributed by atoms with E-state index < -0.39 is 23.8 Å². The van der Waals surface area contributed by atoms with Crippen molar-refractivity contribution in [2.24, 2.45) is 5.73 Å². The van der Waals surface area contributed by atoms with Crippen molar-refractivity contribution in [1.29, 1.82) is 0 Å². The Balaban J connectivity index is 1.51. The molecule has 9 heteroatoms. The molecule has 0 aliphatic carbocycles. The summed E-state index contributed by atoms with van der Waals surface area (Å²) in [6, 6.07) is 4.27. The van der Waals surface area contributed by atoms with Gasteiger partial charge in [-0.25, -0.2) is 0 Å². The molecule has 0 saturated carbocycles. The number of carbonyl (C=O) groups excluding carboxylic acids is 4. The summed E-state index contributed by atoms with van der Waals surface area (Å²) in [5.41, 5.74) is 6.87. The van der Waals surface area contributed by atoms with Crippen LogP contribution in [0.25, 0.3) is 0 Å². The van der Waals surface area contributed by atoms with Crippen LogP contribution in [0.4, 0.5) is 5.69 Å². The lowest BCUT2D eigenvalue weighted by atomic mass is 10.0. The molecule has 4 amide bonds. The topological polar surface area (TPSA) is 122 Å². The number of piperidine rings is 2. The van der Waals surface area contributed by atoms with Gasteiger partial charge in [0.15, 0.2) is 0 Å². The van der Waals surface area contributed by atoms with E-state index >= 15 is 0 Å². The summed E-state index contributed by atoms with van der Waals surface area (Å²) in [6.45, 7) is 2.68. The molecular weight excluding hydrogens is 388 g/mol. The second kappa shape index (κ2) is 8.53. The number of hydrogen-bond acceptors (Lipinski definition) is 7. The molecule has 1 atom stereocenters. The maximum atomic E-state index is 13.2. The first kappa shape index (κ1) is 20.5. The highest BCUT2D eigenvalue weighted by atomic mass is 16.5. The lowest BCUT2D eigenvalue weighted by Crippen LogP contribution is -2.54. The van der Waals surface area contributed by atoms with Gasteiger partial charge in [-0.1, -0.05) is 6.07 Å². The summed E-state index contributed by atoms with van der Waals surface area (Å²) in [5, 5.41) is 2.22. The molecule has 30 heavy (non-hydrogen) atoms. The van der Waals surface area contributed by atoms with Gasteiger partial charge in [0.2, 0.25) is 11.8 Å². The lowest BCUT2D eigenvalue weighted by molar-refractivity contribution is -0.136. The van der Waals surface area contributed by atoms with Gasteiger partial charge in [-0.2, -0.15) is 0 Å². The third-order valence-corrected chi connectivity index (χ3v) is 5.93. The van der Waals surface area contributed by atoms with E-state index in [1.165, 1.54) is 0 Å². The van der Waals surface area contributed by atoms with Crippen LogP contribution in [-0.2, 0) is 14.3 Å². The van der Waals surface area contributed by atoms with Crippen LogP contribution in [0.5, 0.6) is 0 Å². The first-order valence-electron chi connectivity index (χ1n) is 10.4. The van der Waals surface area contributed by atoms with Crippen molar-refractivity contribution in [3.8, 4) is 0 Å². The zero-order chi connectivity index (χ0) is 21.3. The molecule has 2 saturated heterocycles. The molecule has 4 rings (SSSR count). The van der Waals surface area contributed by atoms with Crippen molar-refractivity contribution >= 4 is 29.3 Å². The Labute approximate surface area is 174 Å². The number of carbonyl (C=O) groups is 4.